The highest BCUT2D eigenvalue weighted by Crippen LogP contribution is 2.39. The zero-order valence-corrected chi connectivity index (χ0v) is 19.9. The summed E-state index contributed by atoms with van der Waals surface area (Å²) >= 11 is 1.63. The molecule has 2 aromatic heterocycles. The molecule has 0 bridgehead atoms. The van der Waals surface area contributed by atoms with Crippen LogP contribution in [-0.4, -0.2) is 43.0 Å². The molecule has 0 spiro atoms. The van der Waals surface area contributed by atoms with Crippen molar-refractivity contribution in [3.8, 4) is 5.88 Å². The first-order valence-corrected chi connectivity index (χ1v) is 11.9. The summed E-state index contributed by atoms with van der Waals surface area (Å²) < 4.78 is 11.9. The van der Waals surface area contributed by atoms with E-state index in [2.05, 4.69) is 20.6 Å². The van der Waals surface area contributed by atoms with E-state index >= 15 is 0 Å². The van der Waals surface area contributed by atoms with Crippen molar-refractivity contribution in [2.45, 2.75) is 65.1 Å². The number of rotatable bonds is 5. The van der Waals surface area contributed by atoms with Gasteiger partial charge in [0.15, 0.2) is 0 Å². The molecule has 0 unspecified atom stereocenters. The van der Waals surface area contributed by atoms with E-state index in [4.69, 9.17) is 20.6 Å². The van der Waals surface area contributed by atoms with E-state index < -0.39 is 0 Å². The molecule has 1 saturated carbocycles. The van der Waals surface area contributed by atoms with Gasteiger partial charge in [-0.1, -0.05) is 20.3 Å². The topological polar surface area (TPSA) is 118 Å². The summed E-state index contributed by atoms with van der Waals surface area (Å²) in [6.07, 6.45) is 9.36. The molecule has 0 atom stereocenters. The fourth-order valence-corrected chi connectivity index (χ4v) is 4.68. The highest BCUT2D eigenvalue weighted by atomic mass is 32.1. The molecule has 1 aliphatic heterocycles. The Hall–Kier alpha value is -2.23. The van der Waals surface area contributed by atoms with Crippen molar-refractivity contribution >= 4 is 33.7 Å². The van der Waals surface area contributed by atoms with Gasteiger partial charge in [-0.25, -0.2) is 4.98 Å². The third-order valence-electron chi connectivity index (χ3n) is 4.85. The van der Waals surface area contributed by atoms with Crippen LogP contribution in [0.5, 0.6) is 5.88 Å². The van der Waals surface area contributed by atoms with E-state index in [1.165, 1.54) is 35.9 Å². The van der Waals surface area contributed by atoms with Gasteiger partial charge in [-0.15, -0.1) is 11.3 Å². The molecule has 3 heterocycles. The van der Waals surface area contributed by atoms with Gasteiger partial charge in [0.05, 0.1) is 24.3 Å². The molecule has 8 nitrogen and oxygen atoms in total. The summed E-state index contributed by atoms with van der Waals surface area (Å²) in [5.41, 5.74) is 7.24. The number of hydrogen-bond acceptors (Lipinski definition) is 9. The second kappa shape index (κ2) is 13.2. The van der Waals surface area contributed by atoms with Crippen LogP contribution in [0.15, 0.2) is 11.9 Å². The number of nitrogens with zero attached hydrogens (tertiary/aromatic N) is 2. The van der Waals surface area contributed by atoms with Crippen molar-refractivity contribution in [1.29, 1.82) is 5.41 Å². The number of fused-ring (bicyclic) bond motifs is 3. The Morgan fingerprint density at radius 1 is 1.23 bits per heavy atom. The molecule has 2 aliphatic rings. The van der Waals surface area contributed by atoms with Crippen LogP contribution in [0.3, 0.4) is 0 Å². The van der Waals surface area contributed by atoms with Crippen LogP contribution in [0.1, 0.15) is 56.4 Å². The predicted molar refractivity (Wildman–Crippen MR) is 129 cm³/mol. The standard InChI is InChI=1S/C18H23N5O2S.C2H7N.C2H6/c19-8-11(9-20)21-18-22-16(25-12-4-2-1-3-5-12)15-13-6-7-24-10-14(13)26-17(15)23-18;1-3-2;1-2/h8-9,12,19H,1-7,10,20H2,(H,21,22,23);3H,1-2H3;1-2H3/b11-9+,19-8?;;. The second-order valence-corrected chi connectivity index (χ2v) is 8.19. The van der Waals surface area contributed by atoms with Gasteiger partial charge in [-0.3, -0.25) is 0 Å². The lowest BCUT2D eigenvalue weighted by molar-refractivity contribution is 0.114. The summed E-state index contributed by atoms with van der Waals surface area (Å²) in [6, 6.07) is 0. The first-order chi connectivity index (χ1) is 15.2. The summed E-state index contributed by atoms with van der Waals surface area (Å²) in [5.74, 6) is 1.05. The number of nitrogens with one attached hydrogen (secondary N) is 3. The minimum Gasteiger partial charge on any atom is -0.474 e. The van der Waals surface area contributed by atoms with Gasteiger partial charge in [-0.2, -0.15) is 4.98 Å². The number of thiophene rings is 1. The number of anilines is 1. The molecule has 1 fully saturated rings. The number of hydrogen-bond donors (Lipinski definition) is 4. The molecule has 5 N–H and O–H groups in total. The van der Waals surface area contributed by atoms with Crippen molar-refractivity contribution in [1.82, 2.24) is 15.3 Å². The normalized spacial score (nSPS) is 16.3. The zero-order valence-electron chi connectivity index (χ0n) is 19.1. The fourth-order valence-electron chi connectivity index (χ4n) is 3.53. The molecule has 0 aromatic carbocycles. The molecular weight excluding hydrogens is 412 g/mol. The largest absolute Gasteiger partial charge is 0.474 e. The highest BCUT2D eigenvalue weighted by molar-refractivity contribution is 7.18. The molecule has 0 radical (unpaired) electrons. The van der Waals surface area contributed by atoms with Crippen LogP contribution < -0.4 is 21.1 Å². The summed E-state index contributed by atoms with van der Waals surface area (Å²) in [6.45, 7) is 5.34. The Morgan fingerprint density at radius 3 is 2.58 bits per heavy atom. The van der Waals surface area contributed by atoms with Crippen molar-refractivity contribution in [2.75, 3.05) is 26.0 Å². The molecule has 4 rings (SSSR count). The molecule has 9 heteroatoms. The van der Waals surface area contributed by atoms with Crippen LogP contribution >= 0.6 is 11.3 Å². The second-order valence-electron chi connectivity index (χ2n) is 7.11. The Morgan fingerprint density at radius 2 is 1.94 bits per heavy atom. The molecule has 1 aliphatic carbocycles. The fraction of sp³-hybridized carbons (Fsp3) is 0.591. The van der Waals surface area contributed by atoms with Crippen LogP contribution in [-0.2, 0) is 17.8 Å². The van der Waals surface area contributed by atoms with Crippen LogP contribution in [0.25, 0.3) is 10.2 Å². The van der Waals surface area contributed by atoms with Gasteiger partial charge < -0.3 is 31.3 Å². The number of aromatic nitrogens is 2. The first-order valence-electron chi connectivity index (χ1n) is 11.0. The van der Waals surface area contributed by atoms with E-state index in [0.29, 0.717) is 24.1 Å². The molecular formula is C22H36N6O2S. The molecule has 0 amide bonds. The van der Waals surface area contributed by atoms with Crippen molar-refractivity contribution in [2.24, 2.45) is 5.73 Å². The van der Waals surface area contributed by atoms with E-state index in [1.807, 2.05) is 27.9 Å². The molecule has 2 aromatic rings. The first kappa shape index (κ1) is 25.0. The number of ether oxygens (including phenoxy) is 2. The Balaban J connectivity index is 0.000000630. The van der Waals surface area contributed by atoms with Crippen LogP contribution in [0, 0.1) is 5.41 Å². The molecule has 172 valence electrons. The van der Waals surface area contributed by atoms with Gasteiger partial charge in [0.2, 0.25) is 11.8 Å². The maximum atomic E-state index is 7.40. The van der Waals surface area contributed by atoms with Crippen molar-refractivity contribution < 1.29 is 9.47 Å². The van der Waals surface area contributed by atoms with E-state index in [1.54, 1.807) is 11.3 Å². The Bertz CT molecular complexity index is 861. The van der Waals surface area contributed by atoms with Crippen LogP contribution in [0.4, 0.5) is 5.95 Å². The molecule has 0 saturated heterocycles. The summed E-state index contributed by atoms with van der Waals surface area (Å²) in [5, 5.41) is 14.2. The Labute approximate surface area is 189 Å². The van der Waals surface area contributed by atoms with Gasteiger partial charge in [-0.05, 0) is 51.8 Å². The lowest BCUT2D eigenvalue weighted by Crippen LogP contribution is -2.21. The maximum absolute atomic E-state index is 7.40. The van der Waals surface area contributed by atoms with E-state index in [-0.39, 0.29) is 6.10 Å². The quantitative estimate of drug-likeness (QED) is 0.506. The monoisotopic (exact) mass is 448 g/mol. The van der Waals surface area contributed by atoms with Gasteiger partial charge in [0.25, 0.3) is 0 Å². The van der Waals surface area contributed by atoms with Gasteiger partial charge in [0.1, 0.15) is 10.9 Å². The highest BCUT2D eigenvalue weighted by Gasteiger charge is 2.25. The van der Waals surface area contributed by atoms with E-state index in [9.17, 15) is 0 Å². The molecule has 31 heavy (non-hydrogen) atoms. The van der Waals surface area contributed by atoms with Crippen molar-refractivity contribution in [3.05, 3.63) is 22.3 Å². The number of nitrogens with two attached hydrogens (primary N) is 1. The minimum atomic E-state index is 0.206. The lowest BCUT2D eigenvalue weighted by Gasteiger charge is -2.23. The number of allylic oxidation sites excluding steroid dienone is 1. The zero-order chi connectivity index (χ0) is 22.6. The Kier molecular flexibility index (Phi) is 10.7. The smallest absolute Gasteiger partial charge is 0.232 e. The minimum absolute atomic E-state index is 0.206. The maximum Gasteiger partial charge on any atom is 0.232 e. The SMILES string of the molecule is CC.CNC.N=C/C(=C\N)Nc1nc(OC2CCCCC2)c2c3c(sc2n1)COCC3. The van der Waals surface area contributed by atoms with Crippen molar-refractivity contribution in [3.63, 3.8) is 0 Å². The predicted octanol–water partition coefficient (Wildman–Crippen LogP) is 4.20. The lowest BCUT2D eigenvalue weighted by atomic mass is 9.98. The van der Waals surface area contributed by atoms with Gasteiger partial charge >= 0.3 is 0 Å². The third kappa shape index (κ3) is 6.62. The summed E-state index contributed by atoms with van der Waals surface area (Å²) in [7, 11) is 3.75. The summed E-state index contributed by atoms with van der Waals surface area (Å²) in [4.78, 5) is 11.4. The van der Waals surface area contributed by atoms with Crippen LogP contribution in [0.2, 0.25) is 0 Å². The van der Waals surface area contributed by atoms with Gasteiger partial charge in [0, 0.05) is 17.3 Å². The average Bonchev–Trinajstić information content (AvgIpc) is 3.18. The third-order valence-corrected chi connectivity index (χ3v) is 5.95. The average molecular weight is 449 g/mol. The van der Waals surface area contributed by atoms with E-state index in [0.717, 1.165) is 42.3 Å².